The number of carbonyl (C=O) groups is 1. The van der Waals surface area contributed by atoms with E-state index in [0.717, 1.165) is 23.4 Å². The number of carboxylic acids is 1. The van der Waals surface area contributed by atoms with Crippen LogP contribution in [0.25, 0.3) is 10.9 Å². The number of hydrogen-bond acceptors (Lipinski definition) is 1. The van der Waals surface area contributed by atoms with E-state index in [-0.39, 0.29) is 0 Å². The fourth-order valence-corrected chi connectivity index (χ4v) is 2.70. The van der Waals surface area contributed by atoms with Crippen LogP contribution < -0.4 is 0 Å². The highest BCUT2D eigenvalue weighted by atomic mass is 16.4. The summed E-state index contributed by atoms with van der Waals surface area (Å²) in [4.78, 5) is 11.0. The first-order chi connectivity index (χ1) is 8.65. The second-order valence-electron chi connectivity index (χ2n) is 5.27. The summed E-state index contributed by atoms with van der Waals surface area (Å²) in [5.41, 5.74) is 2.65. The van der Waals surface area contributed by atoms with E-state index >= 15 is 0 Å². The second-order valence-corrected chi connectivity index (χ2v) is 5.27. The van der Waals surface area contributed by atoms with Crippen LogP contribution in [0.3, 0.4) is 0 Å². The minimum Gasteiger partial charge on any atom is -0.478 e. The lowest BCUT2D eigenvalue weighted by molar-refractivity contribution is 0.0697. The molecule has 3 heteroatoms. The van der Waals surface area contributed by atoms with Crippen molar-refractivity contribution in [3.8, 4) is 0 Å². The molecule has 0 atom stereocenters. The summed E-state index contributed by atoms with van der Waals surface area (Å²) >= 11 is 0. The van der Waals surface area contributed by atoms with Gasteiger partial charge in [0.15, 0.2) is 0 Å². The summed E-state index contributed by atoms with van der Waals surface area (Å²) in [5, 5.41) is 10.2. The van der Waals surface area contributed by atoms with Crippen molar-refractivity contribution in [3.63, 3.8) is 0 Å². The molecule has 1 aromatic heterocycles. The van der Waals surface area contributed by atoms with Gasteiger partial charge in [0.1, 0.15) is 0 Å². The normalized spacial score (nSPS) is 15.8. The van der Waals surface area contributed by atoms with Crippen LogP contribution in [0.4, 0.5) is 0 Å². The van der Waals surface area contributed by atoms with Crippen molar-refractivity contribution >= 4 is 16.9 Å². The van der Waals surface area contributed by atoms with Gasteiger partial charge in [-0.1, -0.05) is 12.5 Å². The maximum absolute atomic E-state index is 11.0. The molecule has 1 fully saturated rings. The average Bonchev–Trinajstić information content (AvgIpc) is 2.58. The highest BCUT2D eigenvalue weighted by Gasteiger charge is 2.19. The number of fused-ring (bicyclic) bond motifs is 1. The Balaban J connectivity index is 2.06. The van der Waals surface area contributed by atoms with Gasteiger partial charge in [0.25, 0.3) is 0 Å². The molecule has 0 unspecified atom stereocenters. The molecule has 94 valence electrons. The van der Waals surface area contributed by atoms with Crippen molar-refractivity contribution in [2.45, 2.75) is 32.7 Å². The molecular formula is C15H17NO2. The smallest absolute Gasteiger partial charge is 0.335 e. The standard InChI is InChI=1S/C15H17NO2/c1-10-7-12-5-6-13(15(17)18)8-14(12)16(10)9-11-3-2-4-11/h5-8,11H,2-4,9H2,1H3,(H,17,18). The third-order valence-corrected chi connectivity index (χ3v) is 4.02. The topological polar surface area (TPSA) is 42.2 Å². The number of aromatic nitrogens is 1. The van der Waals surface area contributed by atoms with Crippen LogP contribution in [-0.4, -0.2) is 15.6 Å². The van der Waals surface area contributed by atoms with Gasteiger partial charge in [0.2, 0.25) is 0 Å². The Kier molecular flexibility index (Phi) is 2.62. The molecule has 0 radical (unpaired) electrons. The van der Waals surface area contributed by atoms with Crippen LogP contribution in [0.2, 0.25) is 0 Å². The second kappa shape index (κ2) is 4.16. The van der Waals surface area contributed by atoms with Gasteiger partial charge >= 0.3 is 5.97 Å². The van der Waals surface area contributed by atoms with Crippen molar-refractivity contribution in [2.75, 3.05) is 0 Å². The Bertz CT molecular complexity index is 608. The molecule has 0 bridgehead atoms. The van der Waals surface area contributed by atoms with E-state index in [9.17, 15) is 4.79 Å². The quantitative estimate of drug-likeness (QED) is 0.897. The summed E-state index contributed by atoms with van der Waals surface area (Å²) in [6, 6.07) is 7.52. The van der Waals surface area contributed by atoms with Crippen molar-refractivity contribution in [1.29, 1.82) is 0 Å². The van der Waals surface area contributed by atoms with Crippen LogP contribution >= 0.6 is 0 Å². The summed E-state index contributed by atoms with van der Waals surface area (Å²) < 4.78 is 2.27. The molecule has 0 saturated heterocycles. The Morgan fingerprint density at radius 1 is 1.39 bits per heavy atom. The molecule has 1 heterocycles. The third-order valence-electron chi connectivity index (χ3n) is 4.02. The van der Waals surface area contributed by atoms with E-state index in [4.69, 9.17) is 5.11 Å². The Hall–Kier alpha value is -1.77. The SMILES string of the molecule is Cc1cc2ccc(C(=O)O)cc2n1CC1CCC1. The van der Waals surface area contributed by atoms with Crippen LogP contribution in [0.5, 0.6) is 0 Å². The monoisotopic (exact) mass is 243 g/mol. The van der Waals surface area contributed by atoms with Gasteiger partial charge in [0.05, 0.1) is 5.56 Å². The predicted molar refractivity (Wildman–Crippen MR) is 71.0 cm³/mol. The molecule has 1 saturated carbocycles. The number of aromatic carboxylic acids is 1. The van der Waals surface area contributed by atoms with Crippen LogP contribution in [0.1, 0.15) is 35.3 Å². The number of benzene rings is 1. The Morgan fingerprint density at radius 3 is 2.78 bits per heavy atom. The summed E-state index contributed by atoms with van der Waals surface area (Å²) in [7, 11) is 0. The third kappa shape index (κ3) is 1.80. The lowest BCUT2D eigenvalue weighted by Crippen LogP contribution is -2.18. The molecule has 1 aromatic carbocycles. The van der Waals surface area contributed by atoms with Crippen molar-refractivity contribution in [2.24, 2.45) is 5.92 Å². The Labute approximate surface area is 106 Å². The highest BCUT2D eigenvalue weighted by Crippen LogP contribution is 2.30. The highest BCUT2D eigenvalue weighted by molar-refractivity contribution is 5.93. The van der Waals surface area contributed by atoms with E-state index in [1.54, 1.807) is 12.1 Å². The molecule has 18 heavy (non-hydrogen) atoms. The number of aryl methyl sites for hydroxylation is 1. The summed E-state index contributed by atoms with van der Waals surface area (Å²) in [6.07, 6.45) is 3.94. The van der Waals surface area contributed by atoms with E-state index in [1.165, 1.54) is 25.0 Å². The van der Waals surface area contributed by atoms with Gasteiger partial charge in [-0.25, -0.2) is 4.79 Å². The molecule has 3 nitrogen and oxygen atoms in total. The largest absolute Gasteiger partial charge is 0.478 e. The lowest BCUT2D eigenvalue weighted by Gasteiger charge is -2.26. The van der Waals surface area contributed by atoms with Gasteiger partial charge < -0.3 is 9.67 Å². The molecule has 0 amide bonds. The first-order valence-corrected chi connectivity index (χ1v) is 6.48. The molecule has 1 aliphatic rings. The fraction of sp³-hybridized carbons (Fsp3) is 0.400. The first-order valence-electron chi connectivity index (χ1n) is 6.48. The van der Waals surface area contributed by atoms with Gasteiger partial charge in [-0.3, -0.25) is 0 Å². The molecular weight excluding hydrogens is 226 g/mol. The van der Waals surface area contributed by atoms with Crippen molar-refractivity contribution in [1.82, 2.24) is 4.57 Å². The molecule has 3 rings (SSSR count). The number of hydrogen-bond donors (Lipinski definition) is 1. The minimum absolute atomic E-state index is 0.371. The molecule has 1 N–H and O–H groups in total. The predicted octanol–water partition coefficient (Wildman–Crippen LogP) is 3.45. The van der Waals surface area contributed by atoms with Crippen LogP contribution in [0.15, 0.2) is 24.3 Å². The fourth-order valence-electron chi connectivity index (χ4n) is 2.70. The zero-order chi connectivity index (χ0) is 12.7. The molecule has 0 spiro atoms. The zero-order valence-electron chi connectivity index (χ0n) is 10.5. The molecule has 0 aliphatic heterocycles. The summed E-state index contributed by atoms with van der Waals surface area (Å²) in [6.45, 7) is 3.12. The van der Waals surface area contributed by atoms with Gasteiger partial charge in [-0.2, -0.15) is 0 Å². The lowest BCUT2D eigenvalue weighted by atomic mass is 9.85. The van der Waals surface area contributed by atoms with Crippen molar-refractivity contribution < 1.29 is 9.90 Å². The maximum Gasteiger partial charge on any atom is 0.335 e. The van der Waals surface area contributed by atoms with E-state index in [1.807, 2.05) is 6.07 Å². The van der Waals surface area contributed by atoms with E-state index in [2.05, 4.69) is 17.6 Å². The number of carboxylic acid groups (broad SMARTS) is 1. The van der Waals surface area contributed by atoms with Gasteiger partial charge in [-0.15, -0.1) is 0 Å². The van der Waals surface area contributed by atoms with Crippen LogP contribution in [0, 0.1) is 12.8 Å². The van der Waals surface area contributed by atoms with Crippen molar-refractivity contribution in [3.05, 3.63) is 35.5 Å². The number of rotatable bonds is 3. The average molecular weight is 243 g/mol. The van der Waals surface area contributed by atoms with Gasteiger partial charge in [0, 0.05) is 17.8 Å². The minimum atomic E-state index is -0.856. The zero-order valence-corrected chi connectivity index (χ0v) is 10.5. The summed E-state index contributed by atoms with van der Waals surface area (Å²) in [5.74, 6) is -0.0845. The number of nitrogens with zero attached hydrogens (tertiary/aromatic N) is 1. The van der Waals surface area contributed by atoms with Gasteiger partial charge in [-0.05, 0) is 49.3 Å². The Morgan fingerprint density at radius 2 is 2.17 bits per heavy atom. The van der Waals surface area contributed by atoms with E-state index < -0.39 is 5.97 Å². The first kappa shape index (κ1) is 11.3. The molecule has 2 aromatic rings. The maximum atomic E-state index is 11.0. The van der Waals surface area contributed by atoms with Crippen LogP contribution in [-0.2, 0) is 6.54 Å². The molecule has 1 aliphatic carbocycles. The van der Waals surface area contributed by atoms with E-state index in [0.29, 0.717) is 5.56 Å².